The van der Waals surface area contributed by atoms with Crippen molar-refractivity contribution in [3.05, 3.63) is 77.9 Å². The van der Waals surface area contributed by atoms with Gasteiger partial charge >= 0.3 is 0 Å². The van der Waals surface area contributed by atoms with E-state index in [4.69, 9.17) is 18.7 Å². The van der Waals surface area contributed by atoms with E-state index in [1.807, 2.05) is 54.6 Å². The summed E-state index contributed by atoms with van der Waals surface area (Å²) >= 11 is 0. The quantitative estimate of drug-likeness (QED) is 0.417. The van der Waals surface area contributed by atoms with Crippen molar-refractivity contribution in [1.29, 1.82) is 0 Å². The van der Waals surface area contributed by atoms with E-state index < -0.39 is 0 Å². The fourth-order valence-electron chi connectivity index (χ4n) is 3.10. The maximum Gasteiger partial charge on any atom is 0.258 e. The fraction of sp³-hybridized carbons (Fsp3) is 0.167. The molecule has 0 atom stereocenters. The normalized spacial score (nSPS) is 10.6. The lowest BCUT2D eigenvalue weighted by molar-refractivity contribution is 0.284. The minimum Gasteiger partial charge on any atom is -0.497 e. The molecule has 0 radical (unpaired) electrons. The molecule has 6 heteroatoms. The van der Waals surface area contributed by atoms with Gasteiger partial charge in [0.1, 0.15) is 12.4 Å². The highest BCUT2D eigenvalue weighted by Crippen LogP contribution is 2.33. The van der Waals surface area contributed by atoms with Gasteiger partial charge in [0.2, 0.25) is 5.82 Å². The van der Waals surface area contributed by atoms with Gasteiger partial charge in [-0.25, -0.2) is 0 Å². The van der Waals surface area contributed by atoms with Crippen molar-refractivity contribution < 1.29 is 18.7 Å². The fourth-order valence-corrected chi connectivity index (χ4v) is 3.10. The van der Waals surface area contributed by atoms with Crippen LogP contribution in [0.2, 0.25) is 0 Å². The zero-order chi connectivity index (χ0) is 20.9. The van der Waals surface area contributed by atoms with E-state index in [0.717, 1.165) is 22.4 Å². The Morgan fingerprint density at radius 3 is 2.50 bits per heavy atom. The Kier molecular flexibility index (Phi) is 5.66. The van der Waals surface area contributed by atoms with E-state index in [1.165, 1.54) is 5.56 Å². The van der Waals surface area contributed by atoms with Gasteiger partial charge in [-0.05, 0) is 48.9 Å². The van der Waals surface area contributed by atoms with Gasteiger partial charge in [0, 0.05) is 11.1 Å². The predicted octanol–water partition coefficient (Wildman–Crippen LogP) is 5.31. The average Bonchev–Trinajstić information content (AvgIpc) is 3.28. The minimum atomic E-state index is 0.419. The van der Waals surface area contributed by atoms with Gasteiger partial charge in [0.15, 0.2) is 11.5 Å². The molecule has 4 rings (SSSR count). The molecule has 152 valence electrons. The Morgan fingerprint density at radius 1 is 0.833 bits per heavy atom. The van der Waals surface area contributed by atoms with E-state index >= 15 is 0 Å². The van der Waals surface area contributed by atoms with Gasteiger partial charge in [-0.3, -0.25) is 0 Å². The molecule has 1 aromatic heterocycles. The second kappa shape index (κ2) is 8.69. The van der Waals surface area contributed by atoms with E-state index in [0.29, 0.717) is 29.8 Å². The molecular weight excluding hydrogens is 380 g/mol. The molecule has 0 aliphatic rings. The summed E-state index contributed by atoms with van der Waals surface area (Å²) < 4.78 is 22.2. The largest absolute Gasteiger partial charge is 0.497 e. The highest BCUT2D eigenvalue weighted by atomic mass is 16.5. The monoisotopic (exact) mass is 402 g/mol. The number of benzene rings is 3. The molecule has 0 saturated heterocycles. The van der Waals surface area contributed by atoms with Crippen molar-refractivity contribution in [3.63, 3.8) is 0 Å². The molecule has 0 fully saturated rings. The molecular formula is C24H22N2O4. The highest BCUT2D eigenvalue weighted by molar-refractivity contribution is 5.64. The van der Waals surface area contributed by atoms with Crippen LogP contribution in [0.3, 0.4) is 0 Å². The summed E-state index contributed by atoms with van der Waals surface area (Å²) in [5, 5.41) is 4.10. The van der Waals surface area contributed by atoms with Gasteiger partial charge in [-0.2, -0.15) is 4.98 Å². The summed E-state index contributed by atoms with van der Waals surface area (Å²) in [5.74, 6) is 2.87. The van der Waals surface area contributed by atoms with E-state index in [1.54, 1.807) is 14.2 Å². The molecule has 4 aromatic rings. The van der Waals surface area contributed by atoms with Crippen LogP contribution < -0.4 is 14.2 Å². The zero-order valence-electron chi connectivity index (χ0n) is 17.1. The van der Waals surface area contributed by atoms with Crippen LogP contribution in [-0.2, 0) is 6.61 Å². The molecule has 0 saturated carbocycles. The molecule has 0 aliphatic heterocycles. The Morgan fingerprint density at radius 2 is 1.70 bits per heavy atom. The standard InChI is InChI=1S/C24H22N2O4/c1-16-6-4-7-17(12-16)15-29-21-11-10-18(14-22(21)28-3)23-25-24(30-26-23)19-8-5-9-20(13-19)27-2/h4-14H,15H2,1-3H3. The first kappa shape index (κ1) is 19.5. The molecule has 0 unspecified atom stereocenters. The lowest BCUT2D eigenvalue weighted by Gasteiger charge is -2.11. The first-order chi connectivity index (χ1) is 14.7. The number of hydrogen-bond acceptors (Lipinski definition) is 6. The second-order valence-corrected chi connectivity index (χ2v) is 6.80. The minimum absolute atomic E-state index is 0.419. The van der Waals surface area contributed by atoms with Crippen LogP contribution in [0.5, 0.6) is 17.2 Å². The third-order valence-corrected chi connectivity index (χ3v) is 4.64. The third-order valence-electron chi connectivity index (χ3n) is 4.64. The molecule has 0 N–H and O–H groups in total. The molecule has 0 spiro atoms. The summed E-state index contributed by atoms with van der Waals surface area (Å²) in [6.45, 7) is 2.52. The van der Waals surface area contributed by atoms with Crippen LogP contribution in [0.1, 0.15) is 11.1 Å². The molecule has 30 heavy (non-hydrogen) atoms. The van der Waals surface area contributed by atoms with E-state index in [9.17, 15) is 0 Å². The Labute approximate surface area is 175 Å². The van der Waals surface area contributed by atoms with Crippen molar-refractivity contribution in [2.45, 2.75) is 13.5 Å². The Bertz CT molecular complexity index is 1150. The van der Waals surface area contributed by atoms with Gasteiger partial charge in [-0.15, -0.1) is 0 Å². The van der Waals surface area contributed by atoms with E-state index in [2.05, 4.69) is 29.2 Å². The number of ether oxygens (including phenoxy) is 3. The number of aryl methyl sites for hydroxylation is 1. The summed E-state index contributed by atoms with van der Waals surface area (Å²) in [6, 6.07) is 21.3. The van der Waals surface area contributed by atoms with Crippen molar-refractivity contribution in [2.75, 3.05) is 14.2 Å². The molecule has 0 aliphatic carbocycles. The third kappa shape index (κ3) is 4.27. The average molecular weight is 402 g/mol. The van der Waals surface area contributed by atoms with E-state index in [-0.39, 0.29) is 0 Å². The van der Waals surface area contributed by atoms with Crippen molar-refractivity contribution >= 4 is 0 Å². The number of hydrogen-bond donors (Lipinski definition) is 0. The number of aromatic nitrogens is 2. The van der Waals surface area contributed by atoms with Crippen molar-refractivity contribution in [1.82, 2.24) is 10.1 Å². The Balaban J connectivity index is 1.54. The number of methoxy groups -OCH3 is 2. The predicted molar refractivity (Wildman–Crippen MR) is 114 cm³/mol. The lowest BCUT2D eigenvalue weighted by Crippen LogP contribution is -1.98. The number of rotatable bonds is 7. The smallest absolute Gasteiger partial charge is 0.258 e. The second-order valence-electron chi connectivity index (χ2n) is 6.80. The topological polar surface area (TPSA) is 66.6 Å². The molecule has 3 aromatic carbocycles. The number of nitrogens with zero attached hydrogens (tertiary/aromatic N) is 2. The van der Waals surface area contributed by atoms with Crippen LogP contribution in [-0.4, -0.2) is 24.4 Å². The summed E-state index contributed by atoms with van der Waals surface area (Å²) in [5.41, 5.74) is 3.86. The first-order valence-corrected chi connectivity index (χ1v) is 9.51. The van der Waals surface area contributed by atoms with Gasteiger partial charge in [0.25, 0.3) is 5.89 Å². The van der Waals surface area contributed by atoms with Crippen molar-refractivity contribution in [2.24, 2.45) is 0 Å². The van der Waals surface area contributed by atoms with Gasteiger partial charge in [0.05, 0.1) is 14.2 Å². The van der Waals surface area contributed by atoms with Crippen LogP contribution in [0.25, 0.3) is 22.8 Å². The van der Waals surface area contributed by atoms with Crippen molar-refractivity contribution in [3.8, 4) is 40.1 Å². The molecule has 6 nitrogen and oxygen atoms in total. The maximum atomic E-state index is 5.96. The SMILES string of the molecule is COc1cccc(-c2nc(-c3ccc(OCc4cccc(C)c4)c(OC)c3)no2)c1. The van der Waals surface area contributed by atoms with Crippen LogP contribution in [0.15, 0.2) is 71.3 Å². The van der Waals surface area contributed by atoms with Crippen LogP contribution in [0, 0.1) is 6.92 Å². The van der Waals surface area contributed by atoms with Gasteiger partial charge in [-0.1, -0.05) is 41.1 Å². The highest BCUT2D eigenvalue weighted by Gasteiger charge is 2.14. The first-order valence-electron chi connectivity index (χ1n) is 9.51. The molecule has 0 bridgehead atoms. The van der Waals surface area contributed by atoms with Gasteiger partial charge < -0.3 is 18.7 Å². The summed E-state index contributed by atoms with van der Waals surface area (Å²) in [4.78, 5) is 4.50. The maximum absolute atomic E-state index is 5.96. The summed E-state index contributed by atoms with van der Waals surface area (Å²) in [6.07, 6.45) is 0. The zero-order valence-corrected chi connectivity index (χ0v) is 17.1. The molecule has 0 amide bonds. The summed E-state index contributed by atoms with van der Waals surface area (Å²) in [7, 11) is 3.23. The lowest BCUT2D eigenvalue weighted by atomic mass is 10.1. The van der Waals surface area contributed by atoms with Crippen LogP contribution in [0.4, 0.5) is 0 Å². The Hall–Kier alpha value is -3.80. The van der Waals surface area contributed by atoms with Crippen LogP contribution >= 0.6 is 0 Å². The molecule has 1 heterocycles.